The summed E-state index contributed by atoms with van der Waals surface area (Å²) in [6.07, 6.45) is 0. The molecule has 0 saturated heterocycles. The third kappa shape index (κ3) is 4.06. The largest absolute Gasteiger partial charge is 0.462 e. The fourth-order valence-corrected chi connectivity index (χ4v) is 3.89. The van der Waals surface area contributed by atoms with Crippen molar-refractivity contribution < 1.29 is 14.3 Å². The van der Waals surface area contributed by atoms with E-state index >= 15 is 0 Å². The first-order chi connectivity index (χ1) is 15.4. The maximum absolute atomic E-state index is 12.6. The van der Waals surface area contributed by atoms with Crippen LogP contribution in [0.15, 0.2) is 42.5 Å². The number of carbonyl (C=O) groups is 2. The van der Waals surface area contributed by atoms with Crippen LogP contribution in [0.4, 0.5) is 5.82 Å². The molecule has 0 radical (unpaired) electrons. The summed E-state index contributed by atoms with van der Waals surface area (Å²) in [5.41, 5.74) is 8.85. The number of ether oxygens (including phenoxy) is 1. The van der Waals surface area contributed by atoms with Crippen molar-refractivity contribution in [2.45, 2.75) is 13.5 Å². The highest BCUT2D eigenvalue weighted by Gasteiger charge is 2.25. The van der Waals surface area contributed by atoms with Gasteiger partial charge in [-0.25, -0.2) is 14.8 Å². The zero-order chi connectivity index (χ0) is 22.8. The summed E-state index contributed by atoms with van der Waals surface area (Å²) in [4.78, 5) is 34.3. The first kappa shape index (κ1) is 21.9. The molecule has 2 heterocycles. The standard InChI is InChI=1S/C22H19Cl2N5O3/c1-2-32-22(31)17-18-20(28-16-6-4-3-5-15(16)27-18)29(19(17)25)10-9-26-21(30)13-8-7-12(23)11-14(13)24/h3-8,11H,2,9-10,25H2,1H3,(H,26,30). The van der Waals surface area contributed by atoms with Crippen molar-refractivity contribution in [2.75, 3.05) is 18.9 Å². The van der Waals surface area contributed by atoms with Crippen LogP contribution in [-0.4, -0.2) is 39.6 Å². The molecular formula is C22H19Cl2N5O3. The number of aromatic nitrogens is 3. The van der Waals surface area contributed by atoms with E-state index < -0.39 is 5.97 Å². The molecule has 0 aliphatic heterocycles. The summed E-state index contributed by atoms with van der Waals surface area (Å²) in [6.45, 7) is 2.38. The molecule has 0 bridgehead atoms. The number of hydrogen-bond acceptors (Lipinski definition) is 6. The Hall–Kier alpha value is -3.36. The minimum absolute atomic E-state index is 0.159. The van der Waals surface area contributed by atoms with Gasteiger partial charge in [-0.2, -0.15) is 0 Å². The number of nitrogens with one attached hydrogen (secondary N) is 1. The van der Waals surface area contributed by atoms with E-state index in [4.69, 9.17) is 33.7 Å². The van der Waals surface area contributed by atoms with Gasteiger partial charge in [-0.1, -0.05) is 35.3 Å². The lowest BCUT2D eigenvalue weighted by Gasteiger charge is -2.10. The number of carbonyl (C=O) groups excluding carboxylic acids is 2. The van der Waals surface area contributed by atoms with Crippen LogP contribution in [0, 0.1) is 0 Å². The second kappa shape index (κ2) is 9.02. The van der Waals surface area contributed by atoms with Gasteiger partial charge in [0.25, 0.3) is 5.91 Å². The predicted octanol–water partition coefficient (Wildman–Crippen LogP) is 4.08. The molecule has 1 amide bonds. The molecule has 2 aromatic heterocycles. The maximum Gasteiger partial charge on any atom is 0.344 e. The van der Waals surface area contributed by atoms with Gasteiger partial charge in [0.1, 0.15) is 16.9 Å². The smallest absolute Gasteiger partial charge is 0.344 e. The first-order valence-electron chi connectivity index (χ1n) is 9.85. The van der Waals surface area contributed by atoms with E-state index in [2.05, 4.69) is 15.3 Å². The number of fused-ring (bicyclic) bond motifs is 2. The number of esters is 1. The molecule has 164 valence electrons. The van der Waals surface area contributed by atoms with Crippen molar-refractivity contribution in [3.05, 3.63) is 63.6 Å². The Morgan fingerprint density at radius 1 is 1.12 bits per heavy atom. The van der Waals surface area contributed by atoms with E-state index in [-0.39, 0.29) is 42.0 Å². The Kier molecular flexibility index (Phi) is 6.16. The van der Waals surface area contributed by atoms with Crippen molar-refractivity contribution in [1.82, 2.24) is 19.9 Å². The molecule has 0 saturated carbocycles. The molecule has 0 unspecified atom stereocenters. The summed E-state index contributed by atoms with van der Waals surface area (Å²) in [5, 5.41) is 3.49. The van der Waals surface area contributed by atoms with Crippen molar-refractivity contribution in [3.8, 4) is 0 Å². The maximum atomic E-state index is 12.6. The van der Waals surface area contributed by atoms with E-state index in [0.29, 0.717) is 32.8 Å². The number of rotatable bonds is 6. The van der Waals surface area contributed by atoms with Gasteiger partial charge in [-0.3, -0.25) is 4.79 Å². The SMILES string of the molecule is CCOC(=O)c1c(N)n(CCNC(=O)c2ccc(Cl)cc2Cl)c2nc3ccccc3nc12. The average molecular weight is 472 g/mol. The molecule has 0 spiro atoms. The van der Waals surface area contributed by atoms with Crippen LogP contribution >= 0.6 is 23.2 Å². The minimum Gasteiger partial charge on any atom is -0.462 e. The lowest BCUT2D eigenvalue weighted by atomic mass is 10.2. The summed E-state index contributed by atoms with van der Waals surface area (Å²) >= 11 is 12.0. The molecule has 0 aliphatic rings. The fraction of sp³-hybridized carbons (Fsp3) is 0.182. The van der Waals surface area contributed by atoms with Gasteiger partial charge >= 0.3 is 5.97 Å². The molecule has 3 N–H and O–H groups in total. The molecule has 2 aromatic carbocycles. The van der Waals surface area contributed by atoms with Gasteiger partial charge in [-0.05, 0) is 37.3 Å². The normalized spacial score (nSPS) is 11.1. The molecule has 0 fully saturated rings. The molecule has 4 aromatic rings. The van der Waals surface area contributed by atoms with Crippen molar-refractivity contribution in [3.63, 3.8) is 0 Å². The van der Waals surface area contributed by atoms with Crippen LogP contribution in [0.1, 0.15) is 27.6 Å². The molecule has 8 nitrogen and oxygen atoms in total. The van der Waals surface area contributed by atoms with E-state index in [1.807, 2.05) is 18.2 Å². The van der Waals surface area contributed by atoms with Crippen LogP contribution in [0.2, 0.25) is 10.0 Å². The molecule has 4 rings (SSSR count). The highest BCUT2D eigenvalue weighted by atomic mass is 35.5. The quantitative estimate of drug-likeness (QED) is 0.409. The van der Waals surface area contributed by atoms with Gasteiger partial charge in [0.2, 0.25) is 0 Å². The number of benzene rings is 2. The lowest BCUT2D eigenvalue weighted by molar-refractivity contribution is 0.0529. The molecular weight excluding hydrogens is 453 g/mol. The van der Waals surface area contributed by atoms with Crippen molar-refractivity contribution in [2.24, 2.45) is 0 Å². The number of nitrogens with zero attached hydrogens (tertiary/aromatic N) is 3. The lowest BCUT2D eigenvalue weighted by Crippen LogP contribution is -2.28. The third-order valence-electron chi connectivity index (χ3n) is 4.87. The van der Waals surface area contributed by atoms with E-state index in [1.165, 1.54) is 6.07 Å². The van der Waals surface area contributed by atoms with E-state index in [1.54, 1.807) is 29.7 Å². The van der Waals surface area contributed by atoms with Crippen molar-refractivity contribution in [1.29, 1.82) is 0 Å². The van der Waals surface area contributed by atoms with Gasteiger partial charge in [0, 0.05) is 18.1 Å². The van der Waals surface area contributed by atoms with Crippen LogP contribution in [-0.2, 0) is 11.3 Å². The number of amides is 1. The second-order valence-corrected chi connectivity index (χ2v) is 7.74. The van der Waals surface area contributed by atoms with Crippen LogP contribution in [0.25, 0.3) is 22.2 Å². The van der Waals surface area contributed by atoms with Gasteiger partial charge < -0.3 is 20.4 Å². The number of nitrogen functional groups attached to an aromatic ring is 1. The van der Waals surface area contributed by atoms with Gasteiger partial charge in [-0.15, -0.1) is 0 Å². The van der Waals surface area contributed by atoms with E-state index in [0.717, 1.165) is 0 Å². The zero-order valence-corrected chi connectivity index (χ0v) is 18.6. The highest BCUT2D eigenvalue weighted by molar-refractivity contribution is 6.36. The summed E-state index contributed by atoms with van der Waals surface area (Å²) < 4.78 is 6.81. The number of halogens is 2. The van der Waals surface area contributed by atoms with Crippen LogP contribution in [0.3, 0.4) is 0 Å². The van der Waals surface area contributed by atoms with Gasteiger partial charge in [0.15, 0.2) is 5.65 Å². The highest BCUT2D eigenvalue weighted by Crippen LogP contribution is 2.28. The second-order valence-electron chi connectivity index (χ2n) is 6.90. The van der Waals surface area contributed by atoms with E-state index in [9.17, 15) is 9.59 Å². The van der Waals surface area contributed by atoms with Crippen LogP contribution in [0.5, 0.6) is 0 Å². The molecule has 10 heteroatoms. The number of hydrogen-bond donors (Lipinski definition) is 2. The summed E-state index contributed by atoms with van der Waals surface area (Å²) in [7, 11) is 0. The topological polar surface area (TPSA) is 112 Å². The Morgan fingerprint density at radius 3 is 2.53 bits per heavy atom. The zero-order valence-electron chi connectivity index (χ0n) is 17.1. The summed E-state index contributed by atoms with van der Waals surface area (Å²) in [5.74, 6) is -0.758. The Balaban J connectivity index is 1.67. The van der Waals surface area contributed by atoms with Gasteiger partial charge in [0.05, 0.1) is 28.2 Å². The monoisotopic (exact) mass is 471 g/mol. The van der Waals surface area contributed by atoms with Crippen molar-refractivity contribution >= 4 is 63.1 Å². The number of nitrogens with two attached hydrogens (primary N) is 1. The minimum atomic E-state index is -0.574. The molecule has 0 aliphatic carbocycles. The summed E-state index contributed by atoms with van der Waals surface area (Å²) in [6, 6.07) is 12.0. The fourth-order valence-electron chi connectivity index (χ4n) is 3.40. The molecule has 32 heavy (non-hydrogen) atoms. The number of anilines is 1. The Bertz CT molecular complexity index is 1350. The average Bonchev–Trinajstić information content (AvgIpc) is 3.02. The first-order valence-corrected chi connectivity index (χ1v) is 10.6. The molecule has 0 atom stereocenters. The Labute approximate surface area is 193 Å². The number of para-hydroxylation sites is 2. The van der Waals surface area contributed by atoms with Crippen LogP contribution < -0.4 is 11.1 Å². The third-order valence-corrected chi connectivity index (χ3v) is 5.42. The predicted molar refractivity (Wildman–Crippen MR) is 124 cm³/mol. The Morgan fingerprint density at radius 2 is 1.84 bits per heavy atom.